The van der Waals surface area contributed by atoms with E-state index < -0.39 is 0 Å². The zero-order valence-corrected chi connectivity index (χ0v) is 15.3. The van der Waals surface area contributed by atoms with Gasteiger partial charge in [0.2, 0.25) is 0 Å². The number of halogens is 1. The molecule has 1 aliphatic heterocycles. The Hall–Kier alpha value is -1.90. The van der Waals surface area contributed by atoms with Crippen molar-refractivity contribution in [1.82, 2.24) is 14.7 Å². The van der Waals surface area contributed by atoms with Crippen molar-refractivity contribution in [2.45, 2.75) is 19.5 Å². The summed E-state index contributed by atoms with van der Waals surface area (Å²) in [6, 6.07) is 3.94. The van der Waals surface area contributed by atoms with E-state index in [-0.39, 0.29) is 18.6 Å². The Bertz CT molecular complexity index is 892. The molecule has 1 aliphatic rings. The van der Waals surface area contributed by atoms with Gasteiger partial charge in [-0.25, -0.2) is 4.98 Å². The fourth-order valence-corrected chi connectivity index (χ4v) is 4.08. The van der Waals surface area contributed by atoms with Gasteiger partial charge in [0.25, 0.3) is 5.91 Å². The lowest BCUT2D eigenvalue weighted by molar-refractivity contribution is -0.118. The molecule has 1 atom stereocenters. The van der Waals surface area contributed by atoms with Crippen molar-refractivity contribution in [3.63, 3.8) is 0 Å². The summed E-state index contributed by atoms with van der Waals surface area (Å²) in [4.78, 5) is 17.0. The minimum absolute atomic E-state index is 0.0568. The second-order valence-corrected chi connectivity index (χ2v) is 7.36. The number of nitrogens with zero attached hydrogens (tertiary/aromatic N) is 2. The van der Waals surface area contributed by atoms with E-state index in [0.717, 1.165) is 20.7 Å². The van der Waals surface area contributed by atoms with Crippen LogP contribution < -0.4 is 15.4 Å². The number of thiazole rings is 1. The van der Waals surface area contributed by atoms with Gasteiger partial charge in [0, 0.05) is 34.8 Å². The first-order chi connectivity index (χ1) is 11.6. The minimum Gasteiger partial charge on any atom is -0.482 e. The van der Waals surface area contributed by atoms with E-state index in [1.165, 1.54) is 0 Å². The maximum Gasteiger partial charge on any atom is 0.262 e. The van der Waals surface area contributed by atoms with Crippen LogP contribution in [0.4, 0.5) is 5.69 Å². The topological polar surface area (TPSA) is 67.7 Å². The third-order valence-corrected chi connectivity index (χ3v) is 5.39. The van der Waals surface area contributed by atoms with Crippen molar-refractivity contribution in [2.24, 2.45) is 0 Å². The van der Waals surface area contributed by atoms with E-state index in [1.54, 1.807) is 11.3 Å². The third-order valence-electron chi connectivity index (χ3n) is 3.93. The lowest BCUT2D eigenvalue weighted by Gasteiger charge is -2.22. The molecular formula is C16H15BrN4O2S. The summed E-state index contributed by atoms with van der Waals surface area (Å²) >= 11 is 5.20. The molecule has 0 fully saturated rings. The highest BCUT2D eigenvalue weighted by Crippen LogP contribution is 2.36. The number of aromatic nitrogens is 2. The first kappa shape index (κ1) is 15.6. The number of carbonyl (C=O) groups excluding carboxylic acids is 1. The van der Waals surface area contributed by atoms with Crippen LogP contribution in [0.3, 0.4) is 0 Å². The first-order valence-corrected chi connectivity index (χ1v) is 9.18. The summed E-state index contributed by atoms with van der Waals surface area (Å²) in [6.45, 7) is 2.82. The molecule has 0 radical (unpaired) electrons. The van der Waals surface area contributed by atoms with Gasteiger partial charge >= 0.3 is 0 Å². The highest BCUT2D eigenvalue weighted by Gasteiger charge is 2.20. The van der Waals surface area contributed by atoms with Crippen molar-refractivity contribution >= 4 is 43.8 Å². The predicted octanol–water partition coefficient (Wildman–Crippen LogP) is 3.34. The number of carbonyl (C=O) groups is 1. The maximum absolute atomic E-state index is 11.4. The molecule has 2 N–H and O–H groups in total. The molecule has 4 rings (SSSR count). The third kappa shape index (κ3) is 2.92. The molecule has 3 heterocycles. The zero-order chi connectivity index (χ0) is 16.7. The smallest absolute Gasteiger partial charge is 0.262 e. The Kier molecular flexibility index (Phi) is 4.03. The van der Waals surface area contributed by atoms with Gasteiger partial charge in [-0.15, -0.1) is 11.3 Å². The molecule has 124 valence electrons. The maximum atomic E-state index is 11.4. The quantitative estimate of drug-likeness (QED) is 0.696. The zero-order valence-electron chi connectivity index (χ0n) is 12.9. The van der Waals surface area contributed by atoms with Crippen LogP contribution in [0.5, 0.6) is 5.75 Å². The van der Waals surface area contributed by atoms with Crippen LogP contribution in [0.15, 0.2) is 34.4 Å². The molecule has 6 nitrogen and oxygen atoms in total. The molecule has 1 amide bonds. The number of hydrogen-bond donors (Lipinski definition) is 2. The number of benzene rings is 1. The van der Waals surface area contributed by atoms with Crippen LogP contribution >= 0.6 is 27.3 Å². The first-order valence-electron chi connectivity index (χ1n) is 7.51. The lowest BCUT2D eigenvalue weighted by Crippen LogP contribution is -2.26. The van der Waals surface area contributed by atoms with Gasteiger partial charge in [0.15, 0.2) is 11.6 Å². The van der Waals surface area contributed by atoms with Crippen LogP contribution in [0, 0.1) is 0 Å². The molecule has 1 aromatic carbocycles. The van der Waals surface area contributed by atoms with E-state index in [2.05, 4.69) is 38.5 Å². The van der Waals surface area contributed by atoms with Crippen molar-refractivity contribution in [3.05, 3.63) is 45.6 Å². The molecule has 0 saturated heterocycles. The number of hydrogen-bond acceptors (Lipinski definition) is 5. The van der Waals surface area contributed by atoms with Gasteiger partial charge in [-0.05, 0) is 24.6 Å². The van der Waals surface area contributed by atoms with E-state index >= 15 is 0 Å². The lowest BCUT2D eigenvalue weighted by atomic mass is 10.1. The van der Waals surface area contributed by atoms with Gasteiger partial charge in [0.05, 0.1) is 11.4 Å². The number of nitrogens with one attached hydrogen (secondary N) is 2. The Balaban J connectivity index is 1.50. The molecule has 1 unspecified atom stereocenters. The summed E-state index contributed by atoms with van der Waals surface area (Å²) in [7, 11) is 0. The van der Waals surface area contributed by atoms with Crippen molar-refractivity contribution in [3.8, 4) is 5.75 Å². The SMILES string of the molecule is CC(NCc1cn2ccsc2n1)c1cc2c(cc1Br)NC(=O)CO2. The molecule has 0 spiro atoms. The van der Waals surface area contributed by atoms with Gasteiger partial charge in [-0.3, -0.25) is 9.20 Å². The molecule has 24 heavy (non-hydrogen) atoms. The van der Waals surface area contributed by atoms with Crippen molar-refractivity contribution in [2.75, 3.05) is 11.9 Å². The number of ether oxygens (including phenoxy) is 1. The Labute approximate surface area is 151 Å². The summed E-state index contributed by atoms with van der Waals surface area (Å²) in [6.07, 6.45) is 4.04. The van der Waals surface area contributed by atoms with Gasteiger partial charge < -0.3 is 15.4 Å². The Morgan fingerprint density at radius 3 is 3.25 bits per heavy atom. The molecule has 3 aromatic rings. The van der Waals surface area contributed by atoms with Crippen molar-refractivity contribution in [1.29, 1.82) is 0 Å². The number of imidazole rings is 1. The van der Waals surface area contributed by atoms with Crippen LogP contribution in [-0.4, -0.2) is 21.9 Å². The van der Waals surface area contributed by atoms with Crippen LogP contribution in [0.1, 0.15) is 24.2 Å². The normalized spacial score (nSPS) is 15.0. The molecule has 0 saturated carbocycles. The number of anilines is 1. The molecule has 2 aromatic heterocycles. The van der Waals surface area contributed by atoms with E-state index in [1.807, 2.05) is 34.3 Å². The monoisotopic (exact) mass is 406 g/mol. The largest absolute Gasteiger partial charge is 0.482 e. The summed E-state index contributed by atoms with van der Waals surface area (Å²) < 4.78 is 8.45. The molecule has 0 aliphatic carbocycles. The minimum atomic E-state index is -0.131. The fraction of sp³-hybridized carbons (Fsp3) is 0.250. The van der Waals surface area contributed by atoms with Gasteiger partial charge in [-0.1, -0.05) is 15.9 Å². The van der Waals surface area contributed by atoms with Gasteiger partial charge in [-0.2, -0.15) is 0 Å². The Morgan fingerprint density at radius 1 is 1.54 bits per heavy atom. The van der Waals surface area contributed by atoms with E-state index in [9.17, 15) is 4.79 Å². The number of amides is 1. The Morgan fingerprint density at radius 2 is 2.42 bits per heavy atom. The highest BCUT2D eigenvalue weighted by atomic mass is 79.9. The van der Waals surface area contributed by atoms with E-state index in [4.69, 9.17) is 4.74 Å². The number of fused-ring (bicyclic) bond motifs is 2. The van der Waals surface area contributed by atoms with Crippen molar-refractivity contribution < 1.29 is 9.53 Å². The summed E-state index contributed by atoms with van der Waals surface area (Å²) in [5.41, 5.74) is 2.78. The van der Waals surface area contributed by atoms with Crippen LogP contribution in [0.25, 0.3) is 4.96 Å². The second kappa shape index (κ2) is 6.19. The average Bonchev–Trinajstić information content (AvgIpc) is 3.13. The molecule has 0 bridgehead atoms. The summed E-state index contributed by atoms with van der Waals surface area (Å²) in [5.74, 6) is 0.567. The standard InChI is InChI=1S/C16H15BrN4O2S/c1-9(18-6-10-7-21-2-3-24-16(21)19-10)11-4-14-13(5-12(11)17)20-15(22)8-23-14/h2-5,7,9,18H,6,8H2,1H3,(H,20,22). The second-order valence-electron chi connectivity index (χ2n) is 5.63. The predicted molar refractivity (Wildman–Crippen MR) is 96.6 cm³/mol. The molecule has 8 heteroatoms. The van der Waals surface area contributed by atoms with Gasteiger partial charge in [0.1, 0.15) is 5.75 Å². The fourth-order valence-electron chi connectivity index (χ4n) is 2.68. The van der Waals surface area contributed by atoms with Crippen LogP contribution in [-0.2, 0) is 11.3 Å². The average molecular weight is 407 g/mol. The summed E-state index contributed by atoms with van der Waals surface area (Å²) in [5, 5.41) is 8.31. The van der Waals surface area contributed by atoms with E-state index in [0.29, 0.717) is 18.0 Å². The molecular weight excluding hydrogens is 392 g/mol. The number of rotatable bonds is 4. The highest BCUT2D eigenvalue weighted by molar-refractivity contribution is 9.10. The van der Waals surface area contributed by atoms with Crippen LogP contribution in [0.2, 0.25) is 0 Å².